The number of nitrogens with one attached hydrogen (secondary N) is 1. The largest absolute Gasteiger partial charge is 0.508 e. The van der Waals surface area contributed by atoms with Crippen LogP contribution in [0.15, 0.2) is 83.3 Å². The minimum absolute atomic E-state index is 0.0286. The number of rotatable bonds is 7. The van der Waals surface area contributed by atoms with Gasteiger partial charge in [-0.2, -0.15) is 0 Å². The van der Waals surface area contributed by atoms with E-state index >= 15 is 0 Å². The fourth-order valence-corrected chi connectivity index (χ4v) is 3.52. The first-order valence-electron chi connectivity index (χ1n) is 8.97. The summed E-state index contributed by atoms with van der Waals surface area (Å²) in [5.41, 5.74) is 2.94. The van der Waals surface area contributed by atoms with E-state index in [1.165, 1.54) is 5.56 Å². The van der Waals surface area contributed by atoms with Crippen molar-refractivity contribution >= 4 is 21.8 Å². The lowest BCUT2D eigenvalue weighted by Crippen LogP contribution is -2.27. The van der Waals surface area contributed by atoms with Crippen molar-refractivity contribution in [2.45, 2.75) is 18.8 Å². The summed E-state index contributed by atoms with van der Waals surface area (Å²) in [6.07, 6.45) is 1.08. The fourth-order valence-electron chi connectivity index (χ4n) is 3.15. The number of aromatic hydroxyl groups is 1. The Morgan fingerprint density at radius 1 is 0.963 bits per heavy atom. The van der Waals surface area contributed by atoms with Gasteiger partial charge < -0.3 is 10.4 Å². The van der Waals surface area contributed by atoms with E-state index < -0.39 is 0 Å². The normalized spacial score (nSPS) is 11.7. The van der Waals surface area contributed by atoms with Crippen molar-refractivity contribution in [1.82, 2.24) is 5.32 Å². The van der Waals surface area contributed by atoms with E-state index in [-0.39, 0.29) is 24.0 Å². The average Bonchev–Trinajstić information content (AvgIpc) is 2.70. The molecule has 0 aliphatic rings. The topological polar surface area (TPSA) is 49.3 Å². The summed E-state index contributed by atoms with van der Waals surface area (Å²) in [6.45, 7) is 0.592. The second-order valence-corrected chi connectivity index (χ2v) is 7.37. The van der Waals surface area contributed by atoms with Crippen molar-refractivity contribution in [1.29, 1.82) is 0 Å². The zero-order valence-corrected chi connectivity index (χ0v) is 16.5. The third-order valence-corrected chi connectivity index (χ3v) is 5.03. The van der Waals surface area contributed by atoms with E-state index in [9.17, 15) is 9.90 Å². The highest BCUT2D eigenvalue weighted by Gasteiger charge is 2.21. The second kappa shape index (κ2) is 9.38. The number of carbonyl (C=O) groups excluding carboxylic acids is 1. The number of hydrogen-bond acceptors (Lipinski definition) is 2. The van der Waals surface area contributed by atoms with Crippen LogP contribution in [0, 0.1) is 0 Å². The minimum atomic E-state index is -0.208. The Balaban J connectivity index is 1.72. The number of benzene rings is 3. The van der Waals surface area contributed by atoms with Crippen molar-refractivity contribution in [3.63, 3.8) is 0 Å². The molecule has 0 aliphatic heterocycles. The molecule has 0 heterocycles. The van der Waals surface area contributed by atoms with Gasteiger partial charge in [0, 0.05) is 28.9 Å². The number of phenolic OH excluding ortho intramolecular Hbond substituents is 1. The van der Waals surface area contributed by atoms with Crippen molar-refractivity contribution < 1.29 is 9.90 Å². The predicted octanol–water partition coefficient (Wildman–Crippen LogP) is 5.04. The zero-order chi connectivity index (χ0) is 19.1. The smallest absolute Gasteiger partial charge is 0.220 e. The highest BCUT2D eigenvalue weighted by atomic mass is 79.9. The van der Waals surface area contributed by atoms with Gasteiger partial charge in [0.25, 0.3) is 0 Å². The Morgan fingerprint density at radius 3 is 2.33 bits per heavy atom. The zero-order valence-electron chi connectivity index (χ0n) is 14.9. The van der Waals surface area contributed by atoms with Crippen LogP contribution in [0.25, 0.3) is 0 Å². The van der Waals surface area contributed by atoms with Crippen molar-refractivity contribution in [3.05, 3.63) is 100 Å². The Morgan fingerprint density at radius 2 is 1.63 bits per heavy atom. The maximum atomic E-state index is 12.6. The molecule has 0 bridgehead atoms. The number of amides is 1. The fraction of sp³-hybridized carbons (Fsp3) is 0.174. The minimum Gasteiger partial charge on any atom is -0.508 e. The molecule has 0 spiro atoms. The molecule has 2 N–H and O–H groups in total. The first-order chi connectivity index (χ1) is 13.1. The summed E-state index contributed by atoms with van der Waals surface area (Å²) in [7, 11) is 0. The summed E-state index contributed by atoms with van der Waals surface area (Å²) < 4.78 is 0.876. The van der Waals surface area contributed by atoms with Crippen LogP contribution in [-0.4, -0.2) is 17.6 Å². The quantitative estimate of drug-likeness (QED) is 0.559. The summed E-state index contributed by atoms with van der Waals surface area (Å²) in [4.78, 5) is 12.6. The van der Waals surface area contributed by atoms with E-state index in [1.54, 1.807) is 12.1 Å². The van der Waals surface area contributed by atoms with Gasteiger partial charge in [-0.1, -0.05) is 76.6 Å². The molecule has 0 saturated heterocycles. The first-order valence-corrected chi connectivity index (χ1v) is 9.77. The molecule has 1 amide bonds. The predicted molar refractivity (Wildman–Crippen MR) is 112 cm³/mol. The summed E-state index contributed by atoms with van der Waals surface area (Å²) in [6, 6.07) is 25.2. The number of phenols is 1. The Hall–Kier alpha value is -2.59. The number of halogens is 1. The van der Waals surface area contributed by atoms with Gasteiger partial charge in [-0.05, 0) is 35.7 Å². The molecule has 3 nitrogen and oxygen atoms in total. The highest BCUT2D eigenvalue weighted by Crippen LogP contribution is 2.35. The summed E-state index contributed by atoms with van der Waals surface area (Å²) in [5, 5.41) is 13.4. The molecule has 4 heteroatoms. The van der Waals surface area contributed by atoms with Crippen LogP contribution in [0.1, 0.15) is 29.0 Å². The maximum absolute atomic E-state index is 12.6. The standard InChI is InChI=1S/C23H22BrNO2/c24-19-11-12-22(26)21(15-19)20(18-9-5-2-6-10-18)16-23(27)25-14-13-17-7-3-1-4-8-17/h1-12,15,20,26H,13-14,16H2,(H,25,27)/t20-/m0/s1. The van der Waals surface area contributed by atoms with Gasteiger partial charge in [-0.25, -0.2) is 0 Å². The van der Waals surface area contributed by atoms with Crippen LogP contribution in [0.3, 0.4) is 0 Å². The van der Waals surface area contributed by atoms with E-state index in [0.717, 1.165) is 22.0 Å². The van der Waals surface area contributed by atoms with E-state index in [4.69, 9.17) is 0 Å². The molecular formula is C23H22BrNO2. The molecule has 0 aliphatic carbocycles. The van der Waals surface area contributed by atoms with Gasteiger partial charge >= 0.3 is 0 Å². The van der Waals surface area contributed by atoms with Crippen molar-refractivity contribution in [3.8, 4) is 5.75 Å². The van der Waals surface area contributed by atoms with Crippen LogP contribution >= 0.6 is 15.9 Å². The molecule has 0 fully saturated rings. The van der Waals surface area contributed by atoms with Crippen LogP contribution < -0.4 is 5.32 Å². The lowest BCUT2D eigenvalue weighted by Gasteiger charge is -2.19. The van der Waals surface area contributed by atoms with Gasteiger partial charge in [0.15, 0.2) is 0 Å². The van der Waals surface area contributed by atoms with E-state index in [2.05, 4.69) is 33.4 Å². The number of hydrogen-bond donors (Lipinski definition) is 2. The monoisotopic (exact) mass is 423 g/mol. The van der Waals surface area contributed by atoms with E-state index in [1.807, 2.05) is 54.6 Å². The Bertz CT molecular complexity index is 881. The van der Waals surface area contributed by atoms with Gasteiger partial charge in [0.05, 0.1) is 0 Å². The molecule has 0 unspecified atom stereocenters. The lowest BCUT2D eigenvalue weighted by atomic mass is 9.87. The Kier molecular flexibility index (Phi) is 6.66. The van der Waals surface area contributed by atoms with Crippen LogP contribution in [0.4, 0.5) is 0 Å². The molecule has 1 atom stereocenters. The number of carbonyl (C=O) groups is 1. The average molecular weight is 424 g/mol. The first kappa shape index (κ1) is 19.2. The second-order valence-electron chi connectivity index (χ2n) is 6.46. The van der Waals surface area contributed by atoms with Crippen LogP contribution in [0.2, 0.25) is 0 Å². The van der Waals surface area contributed by atoms with E-state index in [0.29, 0.717) is 6.54 Å². The molecule has 138 valence electrons. The molecule has 0 saturated carbocycles. The molecule has 0 aromatic heterocycles. The third kappa shape index (κ3) is 5.44. The SMILES string of the molecule is O=C(C[C@@H](c1ccccc1)c1cc(Br)ccc1O)NCCc1ccccc1. The molecule has 3 rings (SSSR count). The summed E-state index contributed by atoms with van der Waals surface area (Å²) in [5.74, 6) is -0.0382. The van der Waals surface area contributed by atoms with Gasteiger partial charge in [-0.3, -0.25) is 4.79 Å². The van der Waals surface area contributed by atoms with Crippen molar-refractivity contribution in [2.75, 3.05) is 6.54 Å². The molecule has 27 heavy (non-hydrogen) atoms. The molecule has 3 aromatic carbocycles. The highest BCUT2D eigenvalue weighted by molar-refractivity contribution is 9.10. The molecule has 3 aromatic rings. The maximum Gasteiger partial charge on any atom is 0.220 e. The van der Waals surface area contributed by atoms with Gasteiger partial charge in [0.1, 0.15) is 5.75 Å². The van der Waals surface area contributed by atoms with Gasteiger partial charge in [-0.15, -0.1) is 0 Å². The van der Waals surface area contributed by atoms with Crippen LogP contribution in [0.5, 0.6) is 5.75 Å². The summed E-state index contributed by atoms with van der Waals surface area (Å²) >= 11 is 3.46. The van der Waals surface area contributed by atoms with Gasteiger partial charge in [0.2, 0.25) is 5.91 Å². The third-order valence-electron chi connectivity index (χ3n) is 4.54. The molecular weight excluding hydrogens is 402 g/mol. The lowest BCUT2D eigenvalue weighted by molar-refractivity contribution is -0.121. The van der Waals surface area contributed by atoms with Crippen molar-refractivity contribution in [2.24, 2.45) is 0 Å². The Labute approximate surface area is 168 Å². The molecule has 0 radical (unpaired) electrons. The van der Waals surface area contributed by atoms with Crippen LogP contribution in [-0.2, 0) is 11.2 Å².